The number of aryl methyl sites for hydroxylation is 3. The largest absolute Gasteiger partial charge is 0.490 e. The Bertz CT molecular complexity index is 708. The molecule has 0 bridgehead atoms. The van der Waals surface area contributed by atoms with Crippen molar-refractivity contribution >= 4 is 5.82 Å². The van der Waals surface area contributed by atoms with Crippen molar-refractivity contribution in [2.24, 2.45) is 0 Å². The highest BCUT2D eigenvalue weighted by Crippen LogP contribution is 2.21. The van der Waals surface area contributed by atoms with E-state index in [0.717, 1.165) is 62.7 Å². The molecule has 1 aromatic carbocycles. The van der Waals surface area contributed by atoms with E-state index >= 15 is 0 Å². The average molecular weight is 354 g/mol. The molecule has 1 aliphatic rings. The summed E-state index contributed by atoms with van der Waals surface area (Å²) in [6, 6.07) is 12.5. The molecule has 26 heavy (non-hydrogen) atoms. The summed E-state index contributed by atoms with van der Waals surface area (Å²) >= 11 is 0. The number of anilines is 1. The Hall–Kier alpha value is -2.07. The predicted octanol–water partition coefficient (Wildman–Crippen LogP) is 4.35. The van der Waals surface area contributed by atoms with Crippen LogP contribution in [0.1, 0.15) is 36.1 Å². The zero-order valence-electron chi connectivity index (χ0n) is 16.3. The normalized spacial score (nSPS) is 15.8. The highest BCUT2D eigenvalue weighted by molar-refractivity contribution is 5.35. The van der Waals surface area contributed by atoms with Gasteiger partial charge in [-0.05, 0) is 82.0 Å². The molecule has 0 radical (unpaired) electrons. The van der Waals surface area contributed by atoms with Gasteiger partial charge in [0.25, 0.3) is 0 Å². The summed E-state index contributed by atoms with van der Waals surface area (Å²) in [6.07, 6.45) is 3.71. The number of pyridine rings is 1. The Morgan fingerprint density at radius 1 is 1.08 bits per heavy atom. The maximum absolute atomic E-state index is 6.19. The number of hydrogen-bond acceptors (Lipinski definition) is 4. The molecule has 0 spiro atoms. The number of hydrogen-bond donors (Lipinski definition) is 1. The number of nitrogens with one attached hydrogen (secondary N) is 1. The Labute approximate surface area is 157 Å². The molecule has 1 fully saturated rings. The fourth-order valence-electron chi connectivity index (χ4n) is 3.39. The van der Waals surface area contributed by atoms with Crippen LogP contribution in [0.5, 0.6) is 5.75 Å². The lowest BCUT2D eigenvalue weighted by molar-refractivity contribution is 0.100. The first-order chi connectivity index (χ1) is 12.6. The van der Waals surface area contributed by atoms with Crippen molar-refractivity contribution in [2.75, 3.05) is 31.5 Å². The van der Waals surface area contributed by atoms with Crippen LogP contribution in [0.2, 0.25) is 0 Å². The molecule has 1 aliphatic heterocycles. The van der Waals surface area contributed by atoms with Crippen molar-refractivity contribution in [3.8, 4) is 5.75 Å². The highest BCUT2D eigenvalue weighted by Gasteiger charge is 2.20. The molecular weight excluding hydrogens is 322 g/mol. The second-order valence-corrected chi connectivity index (χ2v) is 7.35. The van der Waals surface area contributed by atoms with E-state index in [2.05, 4.69) is 47.2 Å². The summed E-state index contributed by atoms with van der Waals surface area (Å²) in [7, 11) is 0. The number of rotatable bonds is 7. The number of benzene rings is 1. The van der Waals surface area contributed by atoms with Crippen LogP contribution in [0.25, 0.3) is 0 Å². The van der Waals surface area contributed by atoms with E-state index in [9.17, 15) is 0 Å². The zero-order chi connectivity index (χ0) is 18.4. The van der Waals surface area contributed by atoms with Crippen molar-refractivity contribution in [3.05, 3.63) is 53.2 Å². The van der Waals surface area contributed by atoms with Crippen LogP contribution in [0.4, 0.5) is 5.82 Å². The SMILES string of the molecule is Cc1cccc(NCCCN2CCC(Oc3ccc(C)c(C)c3)CC2)n1. The standard InChI is InChI=1S/C22H31N3O/c1-17-8-9-21(16-18(17)2)26-20-10-14-25(15-11-20)13-5-12-23-22-7-4-6-19(3)24-22/h4,6-9,16,20H,5,10-15H2,1-3H3,(H,23,24). The smallest absolute Gasteiger partial charge is 0.126 e. The molecule has 3 rings (SSSR count). The van der Waals surface area contributed by atoms with Gasteiger partial charge in [-0.1, -0.05) is 12.1 Å². The Morgan fingerprint density at radius 3 is 2.62 bits per heavy atom. The second-order valence-electron chi connectivity index (χ2n) is 7.35. The molecule has 140 valence electrons. The van der Waals surface area contributed by atoms with Gasteiger partial charge in [0.05, 0.1) is 0 Å². The second kappa shape index (κ2) is 9.04. The highest BCUT2D eigenvalue weighted by atomic mass is 16.5. The van der Waals surface area contributed by atoms with E-state index in [1.54, 1.807) is 0 Å². The number of ether oxygens (including phenoxy) is 1. The molecule has 4 heteroatoms. The van der Waals surface area contributed by atoms with Gasteiger partial charge in [0.15, 0.2) is 0 Å². The quantitative estimate of drug-likeness (QED) is 0.751. The fraction of sp³-hybridized carbons (Fsp3) is 0.500. The maximum Gasteiger partial charge on any atom is 0.126 e. The van der Waals surface area contributed by atoms with Crippen LogP contribution in [-0.4, -0.2) is 42.2 Å². The lowest BCUT2D eigenvalue weighted by atomic mass is 10.1. The van der Waals surface area contributed by atoms with E-state index in [1.807, 2.05) is 25.1 Å². The lowest BCUT2D eigenvalue weighted by Gasteiger charge is -2.32. The molecular formula is C22H31N3O. The molecule has 1 aromatic heterocycles. The molecule has 0 amide bonds. The van der Waals surface area contributed by atoms with Crippen molar-refractivity contribution in [1.29, 1.82) is 0 Å². The van der Waals surface area contributed by atoms with Gasteiger partial charge in [-0.15, -0.1) is 0 Å². The summed E-state index contributed by atoms with van der Waals surface area (Å²) < 4.78 is 6.19. The van der Waals surface area contributed by atoms with E-state index in [0.29, 0.717) is 6.10 Å². The molecule has 2 aromatic rings. The van der Waals surface area contributed by atoms with Crippen LogP contribution in [0, 0.1) is 20.8 Å². The molecule has 1 saturated heterocycles. The minimum absolute atomic E-state index is 0.350. The maximum atomic E-state index is 6.19. The average Bonchev–Trinajstić information content (AvgIpc) is 2.63. The topological polar surface area (TPSA) is 37.4 Å². The number of piperidine rings is 1. The molecule has 0 aliphatic carbocycles. The van der Waals surface area contributed by atoms with Crippen LogP contribution >= 0.6 is 0 Å². The van der Waals surface area contributed by atoms with Gasteiger partial charge in [0.2, 0.25) is 0 Å². The summed E-state index contributed by atoms with van der Waals surface area (Å²) in [5, 5.41) is 3.41. The van der Waals surface area contributed by atoms with Crippen LogP contribution in [0.15, 0.2) is 36.4 Å². The monoisotopic (exact) mass is 353 g/mol. The van der Waals surface area contributed by atoms with Gasteiger partial charge in [-0.2, -0.15) is 0 Å². The molecule has 2 heterocycles. The van der Waals surface area contributed by atoms with Gasteiger partial charge >= 0.3 is 0 Å². The Kier molecular flexibility index (Phi) is 6.51. The van der Waals surface area contributed by atoms with Gasteiger partial charge in [-0.3, -0.25) is 0 Å². The number of nitrogens with zero attached hydrogens (tertiary/aromatic N) is 2. The van der Waals surface area contributed by atoms with Gasteiger partial charge in [-0.25, -0.2) is 4.98 Å². The third-order valence-electron chi connectivity index (χ3n) is 5.16. The van der Waals surface area contributed by atoms with E-state index < -0.39 is 0 Å². The first-order valence-corrected chi connectivity index (χ1v) is 9.74. The summed E-state index contributed by atoms with van der Waals surface area (Å²) in [6.45, 7) is 10.7. The number of aromatic nitrogens is 1. The summed E-state index contributed by atoms with van der Waals surface area (Å²) in [5.74, 6) is 1.99. The van der Waals surface area contributed by atoms with Crippen molar-refractivity contribution in [1.82, 2.24) is 9.88 Å². The van der Waals surface area contributed by atoms with Gasteiger partial charge < -0.3 is 15.0 Å². The molecule has 4 nitrogen and oxygen atoms in total. The molecule has 1 N–H and O–H groups in total. The van der Waals surface area contributed by atoms with Gasteiger partial charge in [0, 0.05) is 25.3 Å². The minimum atomic E-state index is 0.350. The van der Waals surface area contributed by atoms with Crippen LogP contribution in [0.3, 0.4) is 0 Å². The Balaban J connectivity index is 1.34. The Morgan fingerprint density at radius 2 is 1.88 bits per heavy atom. The summed E-state index contributed by atoms with van der Waals surface area (Å²) in [4.78, 5) is 7.02. The van der Waals surface area contributed by atoms with Gasteiger partial charge in [0.1, 0.15) is 17.7 Å². The lowest BCUT2D eigenvalue weighted by Crippen LogP contribution is -2.39. The molecule has 0 unspecified atom stereocenters. The van der Waals surface area contributed by atoms with Crippen molar-refractivity contribution in [2.45, 2.75) is 46.1 Å². The minimum Gasteiger partial charge on any atom is -0.490 e. The third-order valence-corrected chi connectivity index (χ3v) is 5.16. The first kappa shape index (κ1) is 18.7. The first-order valence-electron chi connectivity index (χ1n) is 9.74. The summed E-state index contributed by atoms with van der Waals surface area (Å²) in [5.41, 5.74) is 3.68. The molecule has 0 atom stereocenters. The van der Waals surface area contributed by atoms with Crippen molar-refractivity contribution < 1.29 is 4.74 Å². The van der Waals surface area contributed by atoms with E-state index in [4.69, 9.17) is 4.74 Å². The third kappa shape index (κ3) is 5.46. The zero-order valence-corrected chi connectivity index (χ0v) is 16.3. The predicted molar refractivity (Wildman–Crippen MR) is 108 cm³/mol. The molecule has 0 saturated carbocycles. The number of likely N-dealkylation sites (tertiary alicyclic amines) is 1. The van der Waals surface area contributed by atoms with E-state index in [-0.39, 0.29) is 0 Å². The fourth-order valence-corrected chi connectivity index (χ4v) is 3.39. The van der Waals surface area contributed by atoms with Crippen molar-refractivity contribution in [3.63, 3.8) is 0 Å². The van der Waals surface area contributed by atoms with Crippen LogP contribution < -0.4 is 10.1 Å². The van der Waals surface area contributed by atoms with E-state index in [1.165, 1.54) is 11.1 Å². The van der Waals surface area contributed by atoms with Crippen LogP contribution in [-0.2, 0) is 0 Å².